The average molecular weight is 265 g/mol. The molecule has 1 nitrogen and oxygen atoms in total. The standard InChI is InChI=1S/C16H21F2N/c17-16(18,15-5-6-15)14-3-1-12(2-4-14)11-13-7-9-19-10-8-13/h1-4,13,15,19H,5-11H2. The highest BCUT2D eigenvalue weighted by molar-refractivity contribution is 5.27. The van der Waals surface area contributed by atoms with Crippen molar-refractivity contribution in [2.45, 2.75) is 38.0 Å². The Bertz CT molecular complexity index is 417. The van der Waals surface area contributed by atoms with Gasteiger partial charge >= 0.3 is 0 Å². The molecule has 2 fully saturated rings. The van der Waals surface area contributed by atoms with Crippen molar-refractivity contribution in [3.8, 4) is 0 Å². The zero-order valence-electron chi connectivity index (χ0n) is 11.2. The fourth-order valence-electron chi connectivity index (χ4n) is 2.96. The number of benzene rings is 1. The molecular formula is C16H21F2N. The molecule has 1 aromatic carbocycles. The number of hydrogen-bond donors (Lipinski definition) is 1. The molecule has 0 radical (unpaired) electrons. The zero-order valence-corrected chi connectivity index (χ0v) is 11.2. The van der Waals surface area contributed by atoms with E-state index in [1.807, 2.05) is 12.1 Å². The van der Waals surface area contributed by atoms with E-state index in [9.17, 15) is 8.78 Å². The fourth-order valence-corrected chi connectivity index (χ4v) is 2.96. The van der Waals surface area contributed by atoms with Crippen molar-refractivity contribution in [2.75, 3.05) is 13.1 Å². The molecule has 1 aliphatic heterocycles. The van der Waals surface area contributed by atoms with E-state index in [-0.39, 0.29) is 5.56 Å². The predicted octanol–water partition coefficient (Wildman–Crippen LogP) is 3.73. The Hall–Kier alpha value is -0.960. The number of hydrogen-bond acceptors (Lipinski definition) is 1. The van der Waals surface area contributed by atoms with Crippen LogP contribution in [0.2, 0.25) is 0 Å². The van der Waals surface area contributed by atoms with Crippen LogP contribution in [-0.2, 0) is 12.3 Å². The molecule has 0 bridgehead atoms. The van der Waals surface area contributed by atoms with E-state index in [1.54, 1.807) is 12.1 Å². The van der Waals surface area contributed by atoms with Crippen LogP contribution >= 0.6 is 0 Å². The molecule has 1 aromatic rings. The molecule has 3 heteroatoms. The number of halogens is 2. The van der Waals surface area contributed by atoms with E-state index in [0.717, 1.165) is 19.5 Å². The van der Waals surface area contributed by atoms with Gasteiger partial charge in [0, 0.05) is 11.5 Å². The van der Waals surface area contributed by atoms with E-state index in [4.69, 9.17) is 0 Å². The van der Waals surface area contributed by atoms with Crippen LogP contribution in [0.4, 0.5) is 8.78 Å². The second-order valence-electron chi connectivity index (χ2n) is 5.99. The van der Waals surface area contributed by atoms with Gasteiger partial charge in [0.25, 0.3) is 5.92 Å². The van der Waals surface area contributed by atoms with Gasteiger partial charge in [-0.2, -0.15) is 0 Å². The summed E-state index contributed by atoms with van der Waals surface area (Å²) in [5.41, 5.74) is 1.39. The Balaban J connectivity index is 1.65. The Morgan fingerprint density at radius 1 is 1.00 bits per heavy atom. The van der Waals surface area contributed by atoms with Crippen molar-refractivity contribution in [3.05, 3.63) is 35.4 Å². The van der Waals surface area contributed by atoms with Gasteiger partial charge in [-0.3, -0.25) is 0 Å². The summed E-state index contributed by atoms with van der Waals surface area (Å²) in [7, 11) is 0. The van der Waals surface area contributed by atoms with E-state index in [0.29, 0.717) is 18.8 Å². The van der Waals surface area contributed by atoms with Gasteiger partial charge in [0.1, 0.15) is 0 Å². The quantitative estimate of drug-likeness (QED) is 0.874. The van der Waals surface area contributed by atoms with Crippen molar-refractivity contribution in [2.24, 2.45) is 11.8 Å². The third-order valence-electron chi connectivity index (χ3n) is 4.41. The second-order valence-corrected chi connectivity index (χ2v) is 5.99. The third kappa shape index (κ3) is 2.97. The smallest absolute Gasteiger partial charge is 0.276 e. The largest absolute Gasteiger partial charge is 0.317 e. The van der Waals surface area contributed by atoms with Gasteiger partial charge in [0.05, 0.1) is 0 Å². The fraction of sp³-hybridized carbons (Fsp3) is 0.625. The van der Waals surface area contributed by atoms with Crippen molar-refractivity contribution < 1.29 is 8.78 Å². The molecule has 3 rings (SSSR count). The first kappa shape index (κ1) is 13.0. The third-order valence-corrected chi connectivity index (χ3v) is 4.41. The van der Waals surface area contributed by atoms with E-state index >= 15 is 0 Å². The molecule has 1 heterocycles. The lowest BCUT2D eigenvalue weighted by molar-refractivity contribution is -0.0285. The van der Waals surface area contributed by atoms with Crippen molar-refractivity contribution in [1.29, 1.82) is 0 Å². The van der Waals surface area contributed by atoms with Gasteiger partial charge < -0.3 is 5.32 Å². The molecule has 2 aliphatic rings. The lowest BCUT2D eigenvalue weighted by Gasteiger charge is -2.23. The van der Waals surface area contributed by atoms with Crippen LogP contribution in [0.25, 0.3) is 0 Å². The molecule has 1 saturated heterocycles. The van der Waals surface area contributed by atoms with Gasteiger partial charge in [0.15, 0.2) is 0 Å². The average Bonchev–Trinajstić information content (AvgIpc) is 3.25. The molecule has 0 spiro atoms. The summed E-state index contributed by atoms with van der Waals surface area (Å²) in [5.74, 6) is -2.33. The summed E-state index contributed by atoms with van der Waals surface area (Å²) in [6, 6.07) is 7.06. The van der Waals surface area contributed by atoms with Crippen molar-refractivity contribution >= 4 is 0 Å². The van der Waals surface area contributed by atoms with Crippen LogP contribution < -0.4 is 5.32 Å². The van der Waals surface area contributed by atoms with E-state index in [2.05, 4.69) is 5.32 Å². The molecule has 1 saturated carbocycles. The first-order valence-corrected chi connectivity index (χ1v) is 7.34. The maximum absolute atomic E-state index is 13.9. The van der Waals surface area contributed by atoms with Crippen LogP contribution in [0.5, 0.6) is 0 Å². The highest BCUT2D eigenvalue weighted by Crippen LogP contribution is 2.49. The highest BCUT2D eigenvalue weighted by atomic mass is 19.3. The van der Waals surface area contributed by atoms with Crippen LogP contribution in [-0.4, -0.2) is 13.1 Å². The summed E-state index contributed by atoms with van der Waals surface area (Å²) in [6.45, 7) is 2.17. The lowest BCUT2D eigenvalue weighted by atomic mass is 9.90. The number of rotatable bonds is 4. The minimum Gasteiger partial charge on any atom is -0.317 e. The minimum absolute atomic E-state index is 0.198. The van der Waals surface area contributed by atoms with Crippen LogP contribution in [0.15, 0.2) is 24.3 Å². The van der Waals surface area contributed by atoms with Gasteiger partial charge in [0.2, 0.25) is 0 Å². The Labute approximate surface area is 113 Å². The molecule has 0 amide bonds. The van der Waals surface area contributed by atoms with Crippen LogP contribution in [0.1, 0.15) is 36.8 Å². The lowest BCUT2D eigenvalue weighted by Crippen LogP contribution is -2.28. The van der Waals surface area contributed by atoms with Gasteiger partial charge in [-0.15, -0.1) is 0 Å². The Morgan fingerprint density at radius 2 is 1.63 bits per heavy atom. The van der Waals surface area contributed by atoms with E-state index < -0.39 is 11.8 Å². The van der Waals surface area contributed by atoms with Crippen molar-refractivity contribution in [3.63, 3.8) is 0 Å². The molecule has 1 aliphatic carbocycles. The number of nitrogens with one attached hydrogen (secondary N) is 1. The number of alkyl halides is 2. The minimum atomic E-state index is -2.62. The second kappa shape index (κ2) is 5.20. The maximum Gasteiger partial charge on any atom is 0.276 e. The van der Waals surface area contributed by atoms with Crippen LogP contribution in [0.3, 0.4) is 0 Å². The molecule has 0 aromatic heterocycles. The molecule has 0 unspecified atom stereocenters. The Kier molecular flexibility index (Phi) is 3.57. The zero-order chi connectivity index (χ0) is 13.3. The van der Waals surface area contributed by atoms with Crippen molar-refractivity contribution in [1.82, 2.24) is 5.32 Å². The normalized spacial score (nSPS) is 21.6. The molecule has 0 atom stereocenters. The topological polar surface area (TPSA) is 12.0 Å². The molecule has 19 heavy (non-hydrogen) atoms. The summed E-state index contributed by atoms with van der Waals surface area (Å²) < 4.78 is 27.8. The maximum atomic E-state index is 13.9. The first-order chi connectivity index (χ1) is 9.16. The Morgan fingerprint density at radius 3 is 2.21 bits per heavy atom. The summed E-state index contributed by atoms with van der Waals surface area (Å²) in [6.07, 6.45) is 4.75. The first-order valence-electron chi connectivity index (χ1n) is 7.34. The summed E-state index contributed by atoms with van der Waals surface area (Å²) in [4.78, 5) is 0. The highest BCUT2D eigenvalue weighted by Gasteiger charge is 2.47. The monoisotopic (exact) mass is 265 g/mol. The molecule has 1 N–H and O–H groups in total. The van der Waals surface area contributed by atoms with Crippen LogP contribution in [0, 0.1) is 11.8 Å². The number of piperidine rings is 1. The van der Waals surface area contributed by atoms with Gasteiger partial charge in [-0.1, -0.05) is 24.3 Å². The van der Waals surface area contributed by atoms with Gasteiger partial charge in [-0.25, -0.2) is 8.78 Å². The predicted molar refractivity (Wildman–Crippen MR) is 72.4 cm³/mol. The summed E-state index contributed by atoms with van der Waals surface area (Å²) >= 11 is 0. The summed E-state index contributed by atoms with van der Waals surface area (Å²) in [5, 5.41) is 3.35. The molecule has 104 valence electrons. The van der Waals surface area contributed by atoms with Gasteiger partial charge in [-0.05, 0) is 56.7 Å². The molecular weight excluding hydrogens is 244 g/mol. The van der Waals surface area contributed by atoms with E-state index in [1.165, 1.54) is 18.4 Å². The SMILES string of the molecule is FC(F)(c1ccc(CC2CCNCC2)cc1)C1CC1.